The van der Waals surface area contributed by atoms with Gasteiger partial charge in [-0.1, -0.05) is 11.6 Å². The number of anilines is 1. The van der Waals surface area contributed by atoms with Crippen molar-refractivity contribution in [2.45, 2.75) is 13.3 Å². The second kappa shape index (κ2) is 7.28. The maximum absolute atomic E-state index is 13.4. The summed E-state index contributed by atoms with van der Waals surface area (Å²) >= 11 is 0. The molecule has 1 N–H and O–H groups in total. The maximum Gasteiger partial charge on any atom is 0.255 e. The summed E-state index contributed by atoms with van der Waals surface area (Å²) in [7, 11) is -1.98. The van der Waals surface area contributed by atoms with Crippen molar-refractivity contribution in [3.8, 4) is 11.3 Å². The molecule has 0 radical (unpaired) electrons. The van der Waals surface area contributed by atoms with Gasteiger partial charge in [-0.15, -0.1) is 0 Å². The van der Waals surface area contributed by atoms with Crippen LogP contribution >= 0.6 is 0 Å². The number of fused-ring (bicyclic) bond motifs is 2. The predicted molar refractivity (Wildman–Crippen MR) is 115 cm³/mol. The third kappa shape index (κ3) is 3.47. The number of furan rings is 1. The molecule has 2 heterocycles. The van der Waals surface area contributed by atoms with Gasteiger partial charge < -0.3 is 9.73 Å². The van der Waals surface area contributed by atoms with Crippen LogP contribution in [0.2, 0.25) is 0 Å². The van der Waals surface area contributed by atoms with E-state index in [9.17, 15) is 17.6 Å². The molecular weight excluding hydrogens is 407 g/mol. The number of nitrogens with one attached hydrogen (secondary N) is 1. The molecule has 1 aromatic heterocycles. The van der Waals surface area contributed by atoms with Crippen molar-refractivity contribution in [2.75, 3.05) is 24.2 Å². The SMILES string of the molecule is CNC(=O)c1c(-c2ccc(F)cc2)oc2cc3c(cc12)C=C(C)CCN3S(C)(=O)=O. The van der Waals surface area contributed by atoms with Crippen LogP contribution in [0.4, 0.5) is 10.1 Å². The Morgan fingerprint density at radius 2 is 1.90 bits per heavy atom. The molecule has 0 saturated carbocycles. The summed E-state index contributed by atoms with van der Waals surface area (Å²) < 4.78 is 45.6. The van der Waals surface area contributed by atoms with Crippen LogP contribution in [0.1, 0.15) is 29.3 Å². The van der Waals surface area contributed by atoms with E-state index >= 15 is 0 Å². The molecule has 0 unspecified atom stereocenters. The Labute approximate surface area is 174 Å². The summed E-state index contributed by atoms with van der Waals surface area (Å²) in [5, 5.41) is 3.18. The Morgan fingerprint density at radius 3 is 2.53 bits per heavy atom. The summed E-state index contributed by atoms with van der Waals surface area (Å²) in [4.78, 5) is 12.7. The second-order valence-electron chi connectivity index (χ2n) is 7.38. The summed E-state index contributed by atoms with van der Waals surface area (Å²) in [5.74, 6) is -0.439. The lowest BCUT2D eigenvalue weighted by Crippen LogP contribution is -2.30. The first kappa shape index (κ1) is 20.2. The highest BCUT2D eigenvalue weighted by Crippen LogP contribution is 2.39. The van der Waals surface area contributed by atoms with Gasteiger partial charge in [-0.05, 0) is 49.2 Å². The van der Waals surface area contributed by atoms with Crippen molar-refractivity contribution in [2.24, 2.45) is 0 Å². The van der Waals surface area contributed by atoms with Crippen LogP contribution in [-0.2, 0) is 10.0 Å². The molecule has 0 spiro atoms. The third-order valence-electron chi connectivity index (χ3n) is 5.18. The number of benzene rings is 2. The first-order valence-corrected chi connectivity index (χ1v) is 11.3. The van der Waals surface area contributed by atoms with Crippen molar-refractivity contribution in [1.29, 1.82) is 0 Å². The van der Waals surface area contributed by atoms with Gasteiger partial charge in [0, 0.05) is 30.6 Å². The molecule has 0 saturated heterocycles. The van der Waals surface area contributed by atoms with E-state index in [1.807, 2.05) is 13.0 Å². The van der Waals surface area contributed by atoms with Crippen LogP contribution in [-0.4, -0.2) is 34.2 Å². The van der Waals surface area contributed by atoms with Gasteiger partial charge in [0.25, 0.3) is 5.91 Å². The van der Waals surface area contributed by atoms with Crippen molar-refractivity contribution in [1.82, 2.24) is 5.32 Å². The lowest BCUT2D eigenvalue weighted by Gasteiger charge is -2.22. The average molecular weight is 428 g/mol. The number of hydrogen-bond donors (Lipinski definition) is 1. The maximum atomic E-state index is 13.4. The first-order valence-electron chi connectivity index (χ1n) is 9.42. The molecule has 30 heavy (non-hydrogen) atoms. The molecule has 0 bridgehead atoms. The quantitative estimate of drug-likeness (QED) is 0.679. The number of nitrogens with zero attached hydrogens (tertiary/aromatic N) is 1. The number of sulfonamides is 1. The van der Waals surface area contributed by atoms with E-state index in [0.29, 0.717) is 52.1 Å². The van der Waals surface area contributed by atoms with E-state index in [0.717, 1.165) is 5.57 Å². The molecule has 0 fully saturated rings. The van der Waals surface area contributed by atoms with E-state index in [2.05, 4.69) is 5.32 Å². The number of rotatable bonds is 3. The highest BCUT2D eigenvalue weighted by atomic mass is 32.2. The minimum Gasteiger partial charge on any atom is -0.455 e. The van der Waals surface area contributed by atoms with E-state index in [-0.39, 0.29) is 5.91 Å². The largest absolute Gasteiger partial charge is 0.455 e. The highest BCUT2D eigenvalue weighted by molar-refractivity contribution is 7.92. The van der Waals surface area contributed by atoms with Gasteiger partial charge in [-0.2, -0.15) is 0 Å². The monoisotopic (exact) mass is 428 g/mol. The third-order valence-corrected chi connectivity index (χ3v) is 6.36. The normalized spacial score (nSPS) is 14.3. The van der Waals surface area contributed by atoms with Crippen molar-refractivity contribution >= 4 is 38.7 Å². The molecule has 2 aromatic carbocycles. The smallest absolute Gasteiger partial charge is 0.255 e. The Balaban J connectivity index is 2.04. The zero-order valence-electron chi connectivity index (χ0n) is 16.8. The van der Waals surface area contributed by atoms with Gasteiger partial charge in [0.2, 0.25) is 10.0 Å². The molecule has 4 rings (SSSR count). The lowest BCUT2D eigenvalue weighted by atomic mass is 10.0. The van der Waals surface area contributed by atoms with Crippen LogP contribution in [0.25, 0.3) is 28.4 Å². The average Bonchev–Trinajstić information content (AvgIpc) is 2.96. The number of carbonyl (C=O) groups excluding carboxylic acids is 1. The van der Waals surface area contributed by atoms with E-state index in [4.69, 9.17) is 4.42 Å². The van der Waals surface area contributed by atoms with Crippen LogP contribution < -0.4 is 9.62 Å². The summed E-state index contributed by atoms with van der Waals surface area (Å²) in [6.45, 7) is 2.27. The standard InChI is InChI=1S/C22H21FN2O4S/c1-13-8-9-25(30(3,27)28)18-12-19-17(11-15(18)10-13)20(22(26)24-2)21(29-19)14-4-6-16(23)7-5-14/h4-7,10-12H,8-9H2,1-3H3,(H,24,26). The van der Waals surface area contributed by atoms with E-state index in [1.54, 1.807) is 12.1 Å². The minimum absolute atomic E-state index is 0.302. The Bertz CT molecular complexity index is 1290. The first-order chi connectivity index (χ1) is 14.2. The van der Waals surface area contributed by atoms with Crippen molar-refractivity contribution < 1.29 is 22.0 Å². The Kier molecular flexibility index (Phi) is 4.89. The Morgan fingerprint density at radius 1 is 1.20 bits per heavy atom. The molecular formula is C22H21FN2O4S. The fraction of sp³-hybridized carbons (Fsp3) is 0.227. The molecule has 0 aliphatic carbocycles. The predicted octanol–water partition coefficient (Wildman–Crippen LogP) is 4.17. The summed E-state index contributed by atoms with van der Waals surface area (Å²) in [6.07, 6.45) is 3.70. The number of carbonyl (C=O) groups is 1. The topological polar surface area (TPSA) is 79.6 Å². The fourth-order valence-electron chi connectivity index (χ4n) is 3.72. The zero-order valence-corrected chi connectivity index (χ0v) is 17.6. The van der Waals surface area contributed by atoms with E-state index in [1.165, 1.54) is 41.9 Å². The van der Waals surface area contributed by atoms with E-state index < -0.39 is 15.8 Å². The molecule has 1 aliphatic heterocycles. The highest BCUT2D eigenvalue weighted by Gasteiger charge is 2.27. The minimum atomic E-state index is -3.50. The van der Waals surface area contributed by atoms with Crippen LogP contribution in [0.5, 0.6) is 0 Å². The Hall–Kier alpha value is -3.13. The molecule has 8 heteroatoms. The van der Waals surface area contributed by atoms with Gasteiger partial charge in [-0.3, -0.25) is 9.10 Å². The molecule has 1 amide bonds. The van der Waals surface area contributed by atoms with Gasteiger partial charge in [0.1, 0.15) is 17.2 Å². The molecule has 6 nitrogen and oxygen atoms in total. The molecule has 3 aromatic rings. The van der Waals surface area contributed by atoms with Crippen molar-refractivity contribution in [3.63, 3.8) is 0 Å². The van der Waals surface area contributed by atoms with Crippen molar-refractivity contribution in [3.05, 3.63) is 58.9 Å². The number of amides is 1. The summed E-state index contributed by atoms with van der Waals surface area (Å²) in [6, 6.07) is 9.10. The second-order valence-corrected chi connectivity index (χ2v) is 9.28. The van der Waals surface area contributed by atoms with Crippen LogP contribution in [0, 0.1) is 5.82 Å². The molecule has 1 aliphatic rings. The zero-order chi connectivity index (χ0) is 21.6. The lowest BCUT2D eigenvalue weighted by molar-refractivity contribution is 0.0964. The number of hydrogen-bond acceptors (Lipinski definition) is 4. The van der Waals surface area contributed by atoms with Gasteiger partial charge >= 0.3 is 0 Å². The summed E-state index contributed by atoms with van der Waals surface area (Å²) in [5.41, 5.74) is 3.49. The fourth-order valence-corrected chi connectivity index (χ4v) is 4.65. The van der Waals surface area contributed by atoms with Gasteiger partial charge in [-0.25, -0.2) is 12.8 Å². The van der Waals surface area contributed by atoms with Crippen LogP contribution in [0.3, 0.4) is 0 Å². The van der Waals surface area contributed by atoms with Gasteiger partial charge in [0.05, 0.1) is 17.5 Å². The molecule has 0 atom stereocenters. The van der Waals surface area contributed by atoms with Gasteiger partial charge in [0.15, 0.2) is 0 Å². The van der Waals surface area contributed by atoms with Crippen LogP contribution in [0.15, 0.2) is 46.4 Å². The number of halogens is 1. The molecule has 156 valence electrons.